The van der Waals surface area contributed by atoms with Crippen LogP contribution in [0.5, 0.6) is 0 Å². The van der Waals surface area contributed by atoms with Gasteiger partial charge >= 0.3 is 0 Å². The monoisotopic (exact) mass is 341 g/mol. The van der Waals surface area contributed by atoms with Crippen LogP contribution in [-0.4, -0.2) is 22.9 Å². The van der Waals surface area contributed by atoms with Crippen molar-refractivity contribution in [2.45, 2.75) is 19.8 Å². The Hall–Kier alpha value is -2.05. The number of benzene rings is 1. The maximum Gasteiger partial charge on any atom is 0.231 e. The summed E-state index contributed by atoms with van der Waals surface area (Å²) < 4.78 is 0. The van der Waals surface area contributed by atoms with E-state index < -0.39 is 0 Å². The van der Waals surface area contributed by atoms with Gasteiger partial charge in [-0.05, 0) is 24.6 Å². The van der Waals surface area contributed by atoms with Gasteiger partial charge in [0, 0.05) is 34.8 Å². The largest absolute Gasteiger partial charge is 0.315 e. The first-order valence-electron chi connectivity index (χ1n) is 7.35. The van der Waals surface area contributed by atoms with Gasteiger partial charge in [-0.2, -0.15) is 0 Å². The van der Waals surface area contributed by atoms with Crippen molar-refractivity contribution in [1.29, 1.82) is 0 Å². The number of hydrogen-bond acceptors (Lipinski definition) is 5. The van der Waals surface area contributed by atoms with Crippen molar-refractivity contribution in [2.75, 3.05) is 11.9 Å². The first kappa shape index (κ1) is 14.5. The Bertz CT molecular complexity index is 897. The molecule has 0 fully saturated rings. The van der Waals surface area contributed by atoms with E-state index in [0.717, 1.165) is 44.6 Å². The average molecular weight is 341 g/mol. The van der Waals surface area contributed by atoms with E-state index in [1.807, 2.05) is 26.1 Å². The number of aromatic nitrogens is 2. The predicted molar refractivity (Wildman–Crippen MR) is 94.3 cm³/mol. The van der Waals surface area contributed by atoms with E-state index >= 15 is 0 Å². The molecule has 0 radical (unpaired) electrons. The lowest BCUT2D eigenvalue weighted by atomic mass is 10.1. The molecule has 2 aromatic heterocycles. The second-order valence-electron chi connectivity index (χ2n) is 5.66. The molecule has 0 unspecified atom stereocenters. The molecule has 0 saturated heterocycles. The third-order valence-corrected chi connectivity index (χ3v) is 5.79. The first-order valence-corrected chi connectivity index (χ1v) is 9.11. The Kier molecular flexibility index (Phi) is 3.50. The Morgan fingerprint density at radius 2 is 1.96 bits per heavy atom. The molecule has 0 saturated carbocycles. The van der Waals surface area contributed by atoms with Crippen LogP contribution in [0.15, 0.2) is 29.0 Å². The lowest BCUT2D eigenvalue weighted by Gasteiger charge is -2.09. The highest BCUT2D eigenvalue weighted by Gasteiger charge is 2.24. The van der Waals surface area contributed by atoms with Crippen molar-refractivity contribution in [1.82, 2.24) is 9.97 Å². The van der Waals surface area contributed by atoms with Crippen LogP contribution in [0.2, 0.25) is 0 Å². The molecule has 0 aliphatic carbocycles. The minimum absolute atomic E-state index is 0.148. The molecular formula is C17H15N3OS2. The average Bonchev–Trinajstić information content (AvgIpc) is 3.22. The maximum atomic E-state index is 11.8. The molecule has 4 rings (SSSR count). The number of likely N-dealkylation sites (N-methyl/N-ethyl adjacent to an activating group) is 1. The summed E-state index contributed by atoms with van der Waals surface area (Å²) in [6.45, 7) is 2.01. The second-order valence-corrected chi connectivity index (χ2v) is 7.54. The number of carbonyl (C=O) groups excluding carboxylic acids is 1. The highest BCUT2D eigenvalue weighted by Crippen LogP contribution is 2.32. The predicted octanol–water partition coefficient (Wildman–Crippen LogP) is 3.68. The van der Waals surface area contributed by atoms with E-state index in [1.54, 1.807) is 27.6 Å². The fraction of sp³-hybridized carbons (Fsp3) is 0.235. The van der Waals surface area contributed by atoms with Gasteiger partial charge in [-0.15, -0.1) is 22.7 Å². The van der Waals surface area contributed by atoms with E-state index in [0.29, 0.717) is 6.42 Å². The van der Waals surface area contributed by atoms with Crippen LogP contribution in [0, 0.1) is 6.92 Å². The normalized spacial score (nSPS) is 13.7. The van der Waals surface area contributed by atoms with Crippen molar-refractivity contribution in [2.24, 2.45) is 0 Å². The third kappa shape index (κ3) is 2.68. The van der Waals surface area contributed by atoms with E-state index in [2.05, 4.69) is 21.8 Å². The van der Waals surface area contributed by atoms with Gasteiger partial charge in [0.05, 0.1) is 23.5 Å². The lowest BCUT2D eigenvalue weighted by molar-refractivity contribution is -0.117. The number of rotatable bonds is 3. The fourth-order valence-corrected chi connectivity index (χ4v) is 4.44. The minimum atomic E-state index is 0.148. The summed E-state index contributed by atoms with van der Waals surface area (Å²) in [5.41, 5.74) is 5.20. The number of fused-ring (bicyclic) bond motifs is 1. The molecule has 116 valence electrons. The SMILES string of the molecule is Cc1csc(Cc2nc(-c3ccc4c(c3)CC(=O)N4C)cs2)n1. The van der Waals surface area contributed by atoms with Crippen molar-refractivity contribution in [3.63, 3.8) is 0 Å². The zero-order valence-corrected chi connectivity index (χ0v) is 14.5. The van der Waals surface area contributed by atoms with Gasteiger partial charge in [0.2, 0.25) is 5.91 Å². The molecule has 0 N–H and O–H groups in total. The van der Waals surface area contributed by atoms with Gasteiger partial charge in [0.15, 0.2) is 0 Å². The maximum absolute atomic E-state index is 11.8. The van der Waals surface area contributed by atoms with E-state index in [4.69, 9.17) is 4.98 Å². The number of hydrogen-bond donors (Lipinski definition) is 0. The molecular weight excluding hydrogens is 326 g/mol. The van der Waals surface area contributed by atoms with Crippen molar-refractivity contribution < 1.29 is 4.79 Å². The van der Waals surface area contributed by atoms with Crippen LogP contribution >= 0.6 is 22.7 Å². The van der Waals surface area contributed by atoms with Crippen molar-refractivity contribution >= 4 is 34.3 Å². The molecule has 3 heterocycles. The van der Waals surface area contributed by atoms with Gasteiger partial charge in [-0.1, -0.05) is 6.07 Å². The molecule has 0 atom stereocenters. The van der Waals surface area contributed by atoms with E-state index in [1.165, 1.54) is 0 Å². The van der Waals surface area contributed by atoms with Gasteiger partial charge < -0.3 is 4.90 Å². The quantitative estimate of drug-likeness (QED) is 0.730. The smallest absolute Gasteiger partial charge is 0.231 e. The minimum Gasteiger partial charge on any atom is -0.315 e. The zero-order valence-electron chi connectivity index (χ0n) is 12.9. The van der Waals surface area contributed by atoms with E-state index in [9.17, 15) is 4.79 Å². The number of carbonyl (C=O) groups is 1. The molecule has 6 heteroatoms. The van der Waals surface area contributed by atoms with Crippen LogP contribution in [0.25, 0.3) is 11.3 Å². The molecule has 0 spiro atoms. The molecule has 3 aromatic rings. The summed E-state index contributed by atoms with van der Waals surface area (Å²) in [4.78, 5) is 22.7. The molecule has 1 aliphatic rings. The first-order chi connectivity index (χ1) is 11.1. The zero-order chi connectivity index (χ0) is 16.0. The van der Waals surface area contributed by atoms with Crippen LogP contribution in [0.1, 0.15) is 21.3 Å². The topological polar surface area (TPSA) is 46.1 Å². The molecule has 1 aliphatic heterocycles. The molecule has 1 aromatic carbocycles. The van der Waals surface area contributed by atoms with Gasteiger partial charge in [-0.25, -0.2) is 9.97 Å². The van der Waals surface area contributed by atoms with Gasteiger partial charge in [0.1, 0.15) is 5.01 Å². The molecule has 0 bridgehead atoms. The van der Waals surface area contributed by atoms with Crippen LogP contribution in [0.4, 0.5) is 5.69 Å². The number of aryl methyl sites for hydroxylation is 1. The highest BCUT2D eigenvalue weighted by atomic mass is 32.1. The van der Waals surface area contributed by atoms with Crippen molar-refractivity contribution in [3.05, 3.63) is 50.2 Å². The number of thiazole rings is 2. The summed E-state index contributed by atoms with van der Waals surface area (Å²) in [7, 11) is 1.82. The van der Waals surface area contributed by atoms with Crippen molar-refractivity contribution in [3.8, 4) is 11.3 Å². The summed E-state index contributed by atoms with van der Waals surface area (Å²) in [5, 5.41) is 6.32. The summed E-state index contributed by atoms with van der Waals surface area (Å²) in [5.74, 6) is 0.148. The Balaban J connectivity index is 1.60. The molecule has 4 nitrogen and oxygen atoms in total. The third-order valence-electron chi connectivity index (χ3n) is 3.97. The van der Waals surface area contributed by atoms with Crippen LogP contribution < -0.4 is 4.90 Å². The number of anilines is 1. The Morgan fingerprint density at radius 3 is 2.74 bits per heavy atom. The van der Waals surface area contributed by atoms with Gasteiger partial charge in [-0.3, -0.25) is 4.79 Å². The van der Waals surface area contributed by atoms with E-state index in [-0.39, 0.29) is 5.91 Å². The number of amides is 1. The summed E-state index contributed by atoms with van der Waals surface area (Å²) in [6.07, 6.45) is 1.27. The second kappa shape index (κ2) is 5.54. The molecule has 23 heavy (non-hydrogen) atoms. The van der Waals surface area contributed by atoms with Crippen LogP contribution in [0.3, 0.4) is 0 Å². The standard InChI is InChI=1S/C17H15N3OS2/c1-10-8-22-15(18-10)7-16-19-13(9-23-16)11-3-4-14-12(5-11)6-17(21)20(14)2/h3-5,8-9H,6-7H2,1-2H3. The number of nitrogens with zero attached hydrogens (tertiary/aromatic N) is 3. The Labute approximate surface area is 142 Å². The summed E-state index contributed by atoms with van der Waals surface area (Å²) in [6, 6.07) is 6.14. The fourth-order valence-electron chi connectivity index (χ4n) is 2.77. The lowest BCUT2D eigenvalue weighted by Crippen LogP contribution is -2.20. The summed E-state index contributed by atoms with van der Waals surface area (Å²) >= 11 is 3.34. The van der Waals surface area contributed by atoms with Crippen LogP contribution in [-0.2, 0) is 17.6 Å². The van der Waals surface area contributed by atoms with Gasteiger partial charge in [0.25, 0.3) is 0 Å². The molecule has 1 amide bonds. The Morgan fingerprint density at radius 1 is 1.17 bits per heavy atom. The highest BCUT2D eigenvalue weighted by molar-refractivity contribution is 7.11.